The molecule has 16 heavy (non-hydrogen) atoms. The highest BCUT2D eigenvalue weighted by atomic mass is 16.2. The Morgan fingerprint density at radius 3 is 2.81 bits per heavy atom. The number of likely N-dealkylation sites (N-methyl/N-ethyl adjacent to an activating group) is 1. The van der Waals surface area contributed by atoms with E-state index in [0.717, 1.165) is 19.3 Å². The van der Waals surface area contributed by atoms with Crippen molar-refractivity contribution < 1.29 is 9.59 Å². The van der Waals surface area contributed by atoms with Crippen LogP contribution in [-0.4, -0.2) is 43.0 Å². The maximum Gasteiger partial charge on any atom is 0.315 e. The molecule has 1 heterocycles. The lowest BCUT2D eigenvalue weighted by Crippen LogP contribution is -2.43. The topological polar surface area (TPSA) is 61.4 Å². The summed E-state index contributed by atoms with van der Waals surface area (Å²) in [4.78, 5) is 24.3. The summed E-state index contributed by atoms with van der Waals surface area (Å²) < 4.78 is 0. The summed E-state index contributed by atoms with van der Waals surface area (Å²) >= 11 is 0. The van der Waals surface area contributed by atoms with Gasteiger partial charge in [-0.1, -0.05) is 19.8 Å². The number of hydrogen-bond acceptors (Lipinski definition) is 2. The Balaban J connectivity index is 2.13. The van der Waals surface area contributed by atoms with Gasteiger partial charge in [0.25, 0.3) is 0 Å². The van der Waals surface area contributed by atoms with Gasteiger partial charge in [-0.05, 0) is 6.42 Å². The highest BCUT2D eigenvalue weighted by Crippen LogP contribution is 2.07. The van der Waals surface area contributed by atoms with Crippen LogP contribution in [0.3, 0.4) is 0 Å². The van der Waals surface area contributed by atoms with Crippen molar-refractivity contribution in [3.8, 4) is 0 Å². The molecule has 1 atom stereocenters. The first-order valence-electron chi connectivity index (χ1n) is 5.91. The quantitative estimate of drug-likeness (QED) is 0.679. The van der Waals surface area contributed by atoms with Crippen LogP contribution in [-0.2, 0) is 4.79 Å². The average molecular weight is 227 g/mol. The smallest absolute Gasteiger partial charge is 0.315 e. The number of hydrogen-bond donors (Lipinski definition) is 2. The lowest BCUT2D eigenvalue weighted by atomic mass is 10.2. The highest BCUT2D eigenvalue weighted by Gasteiger charge is 2.27. The van der Waals surface area contributed by atoms with Gasteiger partial charge in [-0.3, -0.25) is 4.79 Å². The maximum atomic E-state index is 11.4. The summed E-state index contributed by atoms with van der Waals surface area (Å²) in [5.41, 5.74) is 0. The van der Waals surface area contributed by atoms with Gasteiger partial charge in [-0.15, -0.1) is 0 Å². The molecule has 0 aliphatic carbocycles. The van der Waals surface area contributed by atoms with Crippen molar-refractivity contribution in [1.82, 2.24) is 15.5 Å². The SMILES string of the molecule is CCCCCNC(=O)N[C@@H]1CC(=O)N(C)C1. The lowest BCUT2D eigenvalue weighted by Gasteiger charge is -2.13. The van der Waals surface area contributed by atoms with Crippen LogP contribution in [0.25, 0.3) is 0 Å². The van der Waals surface area contributed by atoms with Crippen molar-refractivity contribution >= 4 is 11.9 Å². The molecule has 1 rings (SSSR count). The number of likely N-dealkylation sites (tertiary alicyclic amines) is 1. The molecule has 0 unspecified atom stereocenters. The Kier molecular flexibility index (Phi) is 5.08. The molecule has 1 fully saturated rings. The Bertz CT molecular complexity index is 256. The second-order valence-electron chi connectivity index (χ2n) is 4.28. The third-order valence-corrected chi connectivity index (χ3v) is 2.74. The average Bonchev–Trinajstić information content (AvgIpc) is 2.53. The summed E-state index contributed by atoms with van der Waals surface area (Å²) in [5.74, 6) is 0.0938. The first-order valence-corrected chi connectivity index (χ1v) is 5.91. The standard InChI is InChI=1S/C11H21N3O2/c1-3-4-5-6-12-11(16)13-9-7-10(15)14(2)8-9/h9H,3-8H2,1-2H3,(H2,12,13,16)/t9-/m1/s1. The molecule has 0 aromatic carbocycles. The number of urea groups is 1. The molecule has 1 saturated heterocycles. The second kappa shape index (κ2) is 6.35. The largest absolute Gasteiger partial charge is 0.344 e. The molecule has 5 nitrogen and oxygen atoms in total. The third-order valence-electron chi connectivity index (χ3n) is 2.74. The van der Waals surface area contributed by atoms with Crippen LogP contribution >= 0.6 is 0 Å². The number of carbonyl (C=O) groups excluding carboxylic acids is 2. The molecule has 0 spiro atoms. The molecule has 0 aromatic heterocycles. The van der Waals surface area contributed by atoms with Gasteiger partial charge < -0.3 is 15.5 Å². The molecule has 2 N–H and O–H groups in total. The van der Waals surface area contributed by atoms with E-state index < -0.39 is 0 Å². The van der Waals surface area contributed by atoms with E-state index in [2.05, 4.69) is 17.6 Å². The minimum absolute atomic E-state index is 0.0383. The normalized spacial score (nSPS) is 20.0. The predicted molar refractivity (Wildman–Crippen MR) is 62.1 cm³/mol. The predicted octanol–water partition coefficient (Wildman–Crippen LogP) is 0.707. The van der Waals surface area contributed by atoms with Gasteiger partial charge in [0.1, 0.15) is 0 Å². The molecule has 0 radical (unpaired) electrons. The molecule has 0 bridgehead atoms. The summed E-state index contributed by atoms with van der Waals surface area (Å²) in [5, 5.41) is 5.60. The number of amides is 3. The van der Waals surface area contributed by atoms with Crippen molar-refractivity contribution in [1.29, 1.82) is 0 Å². The van der Waals surface area contributed by atoms with Crippen LogP contribution in [0.1, 0.15) is 32.6 Å². The van der Waals surface area contributed by atoms with Crippen LogP contribution in [0.4, 0.5) is 4.79 Å². The second-order valence-corrected chi connectivity index (χ2v) is 4.28. The van der Waals surface area contributed by atoms with E-state index >= 15 is 0 Å². The van der Waals surface area contributed by atoms with E-state index in [1.807, 2.05) is 0 Å². The van der Waals surface area contributed by atoms with Crippen molar-refractivity contribution in [3.05, 3.63) is 0 Å². The van der Waals surface area contributed by atoms with E-state index in [-0.39, 0.29) is 18.0 Å². The summed E-state index contributed by atoms with van der Waals surface area (Å²) in [6.07, 6.45) is 3.70. The van der Waals surface area contributed by atoms with E-state index in [1.165, 1.54) is 0 Å². The van der Waals surface area contributed by atoms with Crippen LogP contribution in [0.2, 0.25) is 0 Å². The minimum atomic E-state index is -0.163. The maximum absolute atomic E-state index is 11.4. The molecule has 0 aromatic rings. The number of rotatable bonds is 5. The number of carbonyl (C=O) groups is 2. The molecular weight excluding hydrogens is 206 g/mol. The fourth-order valence-corrected chi connectivity index (χ4v) is 1.77. The van der Waals surface area contributed by atoms with Crippen LogP contribution in [0.15, 0.2) is 0 Å². The number of nitrogens with zero attached hydrogens (tertiary/aromatic N) is 1. The summed E-state index contributed by atoms with van der Waals surface area (Å²) in [7, 11) is 1.75. The first kappa shape index (κ1) is 12.8. The van der Waals surface area contributed by atoms with E-state index in [4.69, 9.17) is 0 Å². The molecule has 1 aliphatic heterocycles. The van der Waals surface area contributed by atoms with Gasteiger partial charge in [-0.25, -0.2) is 4.79 Å². The minimum Gasteiger partial charge on any atom is -0.344 e. The van der Waals surface area contributed by atoms with Gasteiger partial charge in [0.2, 0.25) is 5.91 Å². The van der Waals surface area contributed by atoms with Crippen LogP contribution < -0.4 is 10.6 Å². The zero-order chi connectivity index (χ0) is 12.0. The van der Waals surface area contributed by atoms with E-state index in [9.17, 15) is 9.59 Å². The Morgan fingerprint density at radius 2 is 2.25 bits per heavy atom. The van der Waals surface area contributed by atoms with Gasteiger partial charge in [0, 0.05) is 26.6 Å². The van der Waals surface area contributed by atoms with E-state index in [1.54, 1.807) is 11.9 Å². The lowest BCUT2D eigenvalue weighted by molar-refractivity contribution is -0.126. The van der Waals surface area contributed by atoms with Crippen molar-refractivity contribution in [2.24, 2.45) is 0 Å². The van der Waals surface area contributed by atoms with Crippen molar-refractivity contribution in [2.45, 2.75) is 38.6 Å². The molecule has 3 amide bonds. The van der Waals surface area contributed by atoms with Crippen LogP contribution in [0.5, 0.6) is 0 Å². The highest BCUT2D eigenvalue weighted by molar-refractivity contribution is 5.81. The number of nitrogens with one attached hydrogen (secondary N) is 2. The first-order chi connectivity index (χ1) is 7.63. The molecule has 1 aliphatic rings. The molecule has 92 valence electrons. The van der Waals surface area contributed by atoms with Crippen molar-refractivity contribution in [2.75, 3.05) is 20.1 Å². The molecule has 0 saturated carbocycles. The van der Waals surface area contributed by atoms with Gasteiger partial charge in [0.05, 0.1) is 6.04 Å². The Morgan fingerprint density at radius 1 is 1.50 bits per heavy atom. The molecule has 5 heteroatoms. The van der Waals surface area contributed by atoms with E-state index in [0.29, 0.717) is 19.5 Å². The fourth-order valence-electron chi connectivity index (χ4n) is 1.77. The Hall–Kier alpha value is -1.26. The molecular formula is C11H21N3O2. The zero-order valence-corrected chi connectivity index (χ0v) is 10.1. The summed E-state index contributed by atoms with van der Waals surface area (Å²) in [6, 6.07) is -0.201. The fraction of sp³-hybridized carbons (Fsp3) is 0.818. The van der Waals surface area contributed by atoms with Crippen LogP contribution in [0, 0.1) is 0 Å². The van der Waals surface area contributed by atoms with Gasteiger partial charge in [0.15, 0.2) is 0 Å². The van der Waals surface area contributed by atoms with Gasteiger partial charge in [-0.2, -0.15) is 0 Å². The zero-order valence-electron chi connectivity index (χ0n) is 10.1. The third kappa shape index (κ3) is 4.08. The monoisotopic (exact) mass is 227 g/mol. The summed E-state index contributed by atoms with van der Waals surface area (Å²) in [6.45, 7) is 3.44. The Labute approximate surface area is 96.6 Å². The van der Waals surface area contributed by atoms with Gasteiger partial charge >= 0.3 is 6.03 Å². The number of unbranched alkanes of at least 4 members (excludes halogenated alkanes) is 2. The van der Waals surface area contributed by atoms with Crippen molar-refractivity contribution in [3.63, 3.8) is 0 Å².